The van der Waals surface area contributed by atoms with Crippen molar-refractivity contribution in [1.82, 2.24) is 5.32 Å². The van der Waals surface area contributed by atoms with Crippen molar-refractivity contribution in [3.8, 4) is 0 Å². The Labute approximate surface area is 107 Å². The van der Waals surface area contributed by atoms with Gasteiger partial charge >= 0.3 is 0 Å². The van der Waals surface area contributed by atoms with Gasteiger partial charge in [-0.3, -0.25) is 0 Å². The smallest absolute Gasteiger partial charge is 0.188 e. The zero-order valence-corrected chi connectivity index (χ0v) is 10.0. The van der Waals surface area contributed by atoms with Gasteiger partial charge in [-0.2, -0.15) is 0 Å². The molecule has 2 aromatic rings. The Morgan fingerprint density at radius 1 is 0.889 bits per heavy atom. The van der Waals surface area contributed by atoms with Crippen molar-refractivity contribution in [2.75, 3.05) is 6.54 Å². The van der Waals surface area contributed by atoms with E-state index in [9.17, 15) is 5.11 Å². The first-order chi connectivity index (χ1) is 8.86. The first-order valence-electron chi connectivity index (χ1n) is 6.13. The summed E-state index contributed by atoms with van der Waals surface area (Å²) in [5, 5.41) is 13.1. The SMILES string of the molecule is OC1=C(c2ccccc2)C(c2ccccc2)CN1. The van der Waals surface area contributed by atoms with Gasteiger partial charge in [-0.15, -0.1) is 0 Å². The number of rotatable bonds is 2. The van der Waals surface area contributed by atoms with Crippen molar-refractivity contribution in [1.29, 1.82) is 0 Å². The molecule has 0 spiro atoms. The van der Waals surface area contributed by atoms with Crippen LogP contribution in [0.15, 0.2) is 66.5 Å². The molecule has 2 heteroatoms. The molecule has 1 aliphatic heterocycles. The van der Waals surface area contributed by atoms with Crippen molar-refractivity contribution in [3.63, 3.8) is 0 Å². The van der Waals surface area contributed by atoms with Crippen molar-refractivity contribution in [2.45, 2.75) is 5.92 Å². The molecule has 0 radical (unpaired) electrons. The second kappa shape index (κ2) is 4.57. The molecule has 0 saturated carbocycles. The minimum absolute atomic E-state index is 0.216. The second-order valence-electron chi connectivity index (χ2n) is 4.47. The van der Waals surface area contributed by atoms with Crippen molar-refractivity contribution >= 4 is 5.57 Å². The highest BCUT2D eigenvalue weighted by Crippen LogP contribution is 2.36. The summed E-state index contributed by atoms with van der Waals surface area (Å²) in [6.45, 7) is 0.750. The standard InChI is InChI=1S/C16H15NO/c18-16-15(13-9-5-2-6-10-13)14(11-17-16)12-7-3-1-4-8-12/h1-10,14,17-18H,11H2. The molecule has 90 valence electrons. The average molecular weight is 237 g/mol. The fraction of sp³-hybridized carbons (Fsp3) is 0.125. The second-order valence-corrected chi connectivity index (χ2v) is 4.47. The van der Waals surface area contributed by atoms with Crippen LogP contribution < -0.4 is 5.32 Å². The Bertz CT molecular complexity index is 560. The molecule has 0 bridgehead atoms. The lowest BCUT2D eigenvalue weighted by Crippen LogP contribution is -2.10. The maximum absolute atomic E-state index is 10.0. The molecule has 2 nitrogen and oxygen atoms in total. The molecule has 1 unspecified atom stereocenters. The predicted octanol–water partition coefficient (Wildman–Crippen LogP) is 3.30. The van der Waals surface area contributed by atoms with Gasteiger partial charge in [-0.25, -0.2) is 0 Å². The monoisotopic (exact) mass is 237 g/mol. The lowest BCUT2D eigenvalue weighted by atomic mass is 9.89. The van der Waals surface area contributed by atoms with Gasteiger partial charge in [0.15, 0.2) is 5.88 Å². The molecule has 2 N–H and O–H groups in total. The highest BCUT2D eigenvalue weighted by Gasteiger charge is 2.27. The highest BCUT2D eigenvalue weighted by atomic mass is 16.3. The zero-order valence-electron chi connectivity index (χ0n) is 10.0. The van der Waals surface area contributed by atoms with Crippen molar-refractivity contribution in [3.05, 3.63) is 77.7 Å². The third kappa shape index (κ3) is 1.86. The fourth-order valence-electron chi connectivity index (χ4n) is 2.49. The molecule has 0 amide bonds. The van der Waals surface area contributed by atoms with Crippen LogP contribution in [0.3, 0.4) is 0 Å². The molecule has 18 heavy (non-hydrogen) atoms. The number of hydrogen-bond donors (Lipinski definition) is 2. The molecule has 1 atom stereocenters. The van der Waals surface area contributed by atoms with Crippen LogP contribution in [0.4, 0.5) is 0 Å². The summed E-state index contributed by atoms with van der Waals surface area (Å²) in [5.41, 5.74) is 3.29. The van der Waals surface area contributed by atoms with E-state index in [1.54, 1.807) is 0 Å². The van der Waals surface area contributed by atoms with Crippen molar-refractivity contribution in [2.24, 2.45) is 0 Å². The van der Waals surface area contributed by atoms with Crippen LogP contribution in [0.2, 0.25) is 0 Å². The summed E-state index contributed by atoms with van der Waals surface area (Å²) in [4.78, 5) is 0. The normalized spacial score (nSPS) is 18.8. The van der Waals surface area contributed by atoms with E-state index in [0.29, 0.717) is 5.88 Å². The Morgan fingerprint density at radius 3 is 2.17 bits per heavy atom. The topological polar surface area (TPSA) is 32.3 Å². The number of aliphatic hydroxyl groups excluding tert-OH is 1. The van der Waals surface area contributed by atoms with Crippen LogP contribution in [0.5, 0.6) is 0 Å². The van der Waals surface area contributed by atoms with E-state index in [1.165, 1.54) is 5.56 Å². The molecule has 1 aliphatic rings. The molecule has 0 fully saturated rings. The summed E-state index contributed by atoms with van der Waals surface area (Å²) < 4.78 is 0. The van der Waals surface area contributed by atoms with E-state index in [-0.39, 0.29) is 5.92 Å². The molecular weight excluding hydrogens is 222 g/mol. The van der Waals surface area contributed by atoms with Gasteiger partial charge in [-0.05, 0) is 11.1 Å². The largest absolute Gasteiger partial charge is 0.495 e. The first-order valence-corrected chi connectivity index (χ1v) is 6.13. The molecular formula is C16H15NO. The van der Waals surface area contributed by atoms with E-state index in [1.807, 2.05) is 48.5 Å². The van der Waals surface area contributed by atoms with Gasteiger partial charge in [0, 0.05) is 18.0 Å². The molecule has 0 aromatic heterocycles. The summed E-state index contributed by atoms with van der Waals surface area (Å²) in [6, 6.07) is 20.3. The van der Waals surface area contributed by atoms with Crippen LogP contribution in [0, 0.1) is 0 Å². The van der Waals surface area contributed by atoms with E-state index in [0.717, 1.165) is 17.7 Å². The Kier molecular flexibility index (Phi) is 2.77. The van der Waals surface area contributed by atoms with Gasteiger partial charge in [0.2, 0.25) is 0 Å². The van der Waals surface area contributed by atoms with Crippen molar-refractivity contribution < 1.29 is 5.11 Å². The lowest BCUT2D eigenvalue weighted by Gasteiger charge is -2.14. The molecule has 0 saturated heterocycles. The van der Waals surface area contributed by atoms with Gasteiger partial charge in [0.1, 0.15) is 0 Å². The Hall–Kier alpha value is -2.22. The predicted molar refractivity (Wildman–Crippen MR) is 73.2 cm³/mol. The van der Waals surface area contributed by atoms with Crippen LogP contribution >= 0.6 is 0 Å². The molecule has 1 heterocycles. The Balaban J connectivity index is 2.03. The molecule has 3 rings (SSSR count). The maximum atomic E-state index is 10.0. The molecule has 2 aromatic carbocycles. The number of nitrogens with one attached hydrogen (secondary N) is 1. The zero-order chi connectivity index (χ0) is 12.4. The van der Waals surface area contributed by atoms with Gasteiger partial charge in [0.25, 0.3) is 0 Å². The lowest BCUT2D eigenvalue weighted by molar-refractivity contribution is 0.380. The number of hydrogen-bond acceptors (Lipinski definition) is 2. The van der Waals surface area contributed by atoms with Gasteiger partial charge in [-0.1, -0.05) is 60.7 Å². The summed E-state index contributed by atoms with van der Waals surface area (Å²) >= 11 is 0. The average Bonchev–Trinajstić information content (AvgIpc) is 2.83. The summed E-state index contributed by atoms with van der Waals surface area (Å²) in [6.07, 6.45) is 0. The fourth-order valence-corrected chi connectivity index (χ4v) is 2.49. The van der Waals surface area contributed by atoms with Crippen LogP contribution in [0.25, 0.3) is 5.57 Å². The quantitative estimate of drug-likeness (QED) is 0.840. The van der Waals surface area contributed by atoms with Crippen LogP contribution in [-0.4, -0.2) is 11.7 Å². The number of aliphatic hydroxyl groups is 1. The van der Waals surface area contributed by atoms with Gasteiger partial charge in [0.05, 0.1) is 0 Å². The van der Waals surface area contributed by atoms with E-state index >= 15 is 0 Å². The first kappa shape index (κ1) is 10.9. The minimum Gasteiger partial charge on any atom is -0.495 e. The Morgan fingerprint density at radius 2 is 1.50 bits per heavy atom. The highest BCUT2D eigenvalue weighted by molar-refractivity contribution is 5.75. The van der Waals surface area contributed by atoms with Gasteiger partial charge < -0.3 is 10.4 Å². The third-order valence-corrected chi connectivity index (χ3v) is 3.36. The summed E-state index contributed by atoms with van der Waals surface area (Å²) in [5.74, 6) is 0.517. The van der Waals surface area contributed by atoms with E-state index in [4.69, 9.17) is 0 Å². The van der Waals surface area contributed by atoms with E-state index < -0.39 is 0 Å². The minimum atomic E-state index is 0.216. The summed E-state index contributed by atoms with van der Waals surface area (Å²) in [7, 11) is 0. The van der Waals surface area contributed by atoms with Crippen LogP contribution in [-0.2, 0) is 0 Å². The van der Waals surface area contributed by atoms with Crippen LogP contribution in [0.1, 0.15) is 17.0 Å². The molecule has 0 aliphatic carbocycles. The maximum Gasteiger partial charge on any atom is 0.188 e. The number of benzene rings is 2. The third-order valence-electron chi connectivity index (χ3n) is 3.36. The van der Waals surface area contributed by atoms with E-state index in [2.05, 4.69) is 17.4 Å².